The minimum absolute atomic E-state index is 0.348. The molecule has 0 heterocycles. The van der Waals surface area contributed by atoms with Gasteiger partial charge in [0.25, 0.3) is 0 Å². The predicted octanol–water partition coefficient (Wildman–Crippen LogP) is 2.57. The van der Waals surface area contributed by atoms with E-state index in [0.29, 0.717) is 12.1 Å². The largest absolute Gasteiger partial charge is 0.573 e. The second-order valence-electron chi connectivity index (χ2n) is 3.77. The van der Waals surface area contributed by atoms with Gasteiger partial charge in [-0.1, -0.05) is 18.2 Å². The van der Waals surface area contributed by atoms with Crippen LogP contribution >= 0.6 is 0 Å². The highest BCUT2D eigenvalue weighted by atomic mass is 19.4. The molecule has 0 aliphatic rings. The first-order valence-electron chi connectivity index (χ1n) is 5.65. The highest BCUT2D eigenvalue weighted by Gasteiger charge is 2.31. The lowest BCUT2D eigenvalue weighted by atomic mass is 10.1. The molecular formula is C13H14F3NO3. The molecule has 20 heavy (non-hydrogen) atoms. The van der Waals surface area contributed by atoms with Crippen LogP contribution in [0.5, 0.6) is 5.75 Å². The average molecular weight is 289 g/mol. The van der Waals surface area contributed by atoms with Gasteiger partial charge >= 0.3 is 12.3 Å². The molecule has 0 bridgehead atoms. The van der Waals surface area contributed by atoms with E-state index in [1.165, 1.54) is 19.2 Å². The molecule has 1 aromatic carbocycles. The van der Waals surface area contributed by atoms with E-state index in [2.05, 4.69) is 21.4 Å². The first kappa shape index (κ1) is 16.0. The molecule has 1 N–H and O–H groups in total. The van der Waals surface area contributed by atoms with Gasteiger partial charge in [0.05, 0.1) is 7.11 Å². The Balaban J connectivity index is 2.87. The molecule has 110 valence electrons. The van der Waals surface area contributed by atoms with Gasteiger partial charge in [-0.3, -0.25) is 5.32 Å². The zero-order valence-electron chi connectivity index (χ0n) is 10.7. The van der Waals surface area contributed by atoms with E-state index in [1.807, 2.05) is 0 Å². The smallest absolute Gasteiger partial charge is 0.468 e. The number of nitrogens with one attached hydrogen (secondary N) is 1. The Bertz CT molecular complexity index is 457. The third kappa shape index (κ3) is 4.93. The number of esters is 1. The molecule has 1 atom stereocenters. The van der Waals surface area contributed by atoms with E-state index in [9.17, 15) is 18.0 Å². The van der Waals surface area contributed by atoms with Crippen LogP contribution in [0.1, 0.15) is 11.6 Å². The number of ether oxygens (including phenoxy) is 2. The summed E-state index contributed by atoms with van der Waals surface area (Å²) in [6, 6.07) is 4.21. The summed E-state index contributed by atoms with van der Waals surface area (Å²) in [4.78, 5) is 11.6. The summed E-state index contributed by atoms with van der Waals surface area (Å²) in [7, 11) is 1.23. The number of carbonyl (C=O) groups is 1. The van der Waals surface area contributed by atoms with Crippen molar-refractivity contribution in [2.45, 2.75) is 12.4 Å². The number of carbonyl (C=O) groups excluding carboxylic acids is 1. The quantitative estimate of drug-likeness (QED) is 0.646. The van der Waals surface area contributed by atoms with Crippen LogP contribution in [0.4, 0.5) is 13.2 Å². The maximum Gasteiger partial charge on any atom is 0.573 e. The third-order valence-electron chi connectivity index (χ3n) is 2.35. The molecule has 0 spiro atoms. The van der Waals surface area contributed by atoms with Gasteiger partial charge in [0.2, 0.25) is 0 Å². The topological polar surface area (TPSA) is 47.6 Å². The normalized spacial score (nSPS) is 12.6. The Morgan fingerprint density at radius 1 is 1.40 bits per heavy atom. The third-order valence-corrected chi connectivity index (χ3v) is 2.35. The van der Waals surface area contributed by atoms with Crippen LogP contribution in [-0.4, -0.2) is 26.0 Å². The Morgan fingerprint density at radius 2 is 2.00 bits per heavy atom. The van der Waals surface area contributed by atoms with E-state index >= 15 is 0 Å². The summed E-state index contributed by atoms with van der Waals surface area (Å²) >= 11 is 0. The van der Waals surface area contributed by atoms with Crippen molar-refractivity contribution in [2.24, 2.45) is 0 Å². The molecule has 0 amide bonds. The monoisotopic (exact) mass is 289 g/mol. The van der Waals surface area contributed by atoms with E-state index in [1.54, 1.807) is 6.08 Å². The molecule has 0 saturated heterocycles. The molecule has 1 rings (SSSR count). The van der Waals surface area contributed by atoms with Gasteiger partial charge in [0.15, 0.2) is 0 Å². The zero-order valence-corrected chi connectivity index (χ0v) is 10.7. The number of halogens is 3. The highest BCUT2D eigenvalue weighted by molar-refractivity contribution is 5.77. The number of methoxy groups -OCH3 is 1. The van der Waals surface area contributed by atoms with Gasteiger partial charge in [-0.15, -0.1) is 19.8 Å². The molecule has 1 aromatic rings. The standard InChI is InChI=1S/C13H14F3NO3/c1-3-8-17-11(12(18)19-2)9-4-6-10(7-5-9)20-13(14,15)16/h3-7,11,17H,1,8H2,2H3. The molecular weight excluding hydrogens is 275 g/mol. The Morgan fingerprint density at radius 3 is 2.45 bits per heavy atom. The maximum absolute atomic E-state index is 12.0. The van der Waals surface area contributed by atoms with Crippen molar-refractivity contribution in [1.82, 2.24) is 5.32 Å². The fourth-order valence-corrected chi connectivity index (χ4v) is 1.52. The summed E-state index contributed by atoms with van der Waals surface area (Å²) in [6.45, 7) is 3.85. The van der Waals surface area contributed by atoms with Gasteiger partial charge in [0.1, 0.15) is 11.8 Å². The molecule has 0 saturated carbocycles. The van der Waals surface area contributed by atoms with Crippen LogP contribution in [-0.2, 0) is 9.53 Å². The molecule has 0 fully saturated rings. The molecule has 0 aromatic heterocycles. The van der Waals surface area contributed by atoms with Crippen LogP contribution in [0.25, 0.3) is 0 Å². The predicted molar refractivity (Wildman–Crippen MR) is 66.1 cm³/mol. The van der Waals surface area contributed by atoms with Gasteiger partial charge in [-0.05, 0) is 17.7 Å². The van der Waals surface area contributed by atoms with Crippen molar-refractivity contribution in [2.75, 3.05) is 13.7 Å². The van der Waals surface area contributed by atoms with Crippen molar-refractivity contribution in [3.8, 4) is 5.75 Å². The molecule has 7 heteroatoms. The van der Waals surface area contributed by atoms with Crippen molar-refractivity contribution < 1.29 is 27.4 Å². The van der Waals surface area contributed by atoms with Crippen LogP contribution in [0, 0.1) is 0 Å². The number of hydrogen-bond acceptors (Lipinski definition) is 4. The van der Waals surface area contributed by atoms with Gasteiger partial charge in [-0.25, -0.2) is 4.79 Å². The van der Waals surface area contributed by atoms with Crippen LogP contribution in [0.3, 0.4) is 0 Å². The van der Waals surface area contributed by atoms with E-state index in [-0.39, 0.29) is 5.75 Å². The average Bonchev–Trinajstić information content (AvgIpc) is 2.38. The Hall–Kier alpha value is -2.02. The molecule has 0 aliphatic heterocycles. The number of alkyl halides is 3. The van der Waals surface area contributed by atoms with Crippen molar-refractivity contribution in [1.29, 1.82) is 0 Å². The molecule has 0 radical (unpaired) electrons. The van der Waals surface area contributed by atoms with Crippen molar-refractivity contribution >= 4 is 5.97 Å². The van der Waals surface area contributed by atoms with Crippen LogP contribution in [0.2, 0.25) is 0 Å². The lowest BCUT2D eigenvalue weighted by Gasteiger charge is -2.16. The fourth-order valence-electron chi connectivity index (χ4n) is 1.52. The summed E-state index contributed by atoms with van der Waals surface area (Å²) in [5.74, 6) is -0.898. The summed E-state index contributed by atoms with van der Waals surface area (Å²) in [5, 5.41) is 2.85. The zero-order chi connectivity index (χ0) is 15.2. The molecule has 0 aliphatic carbocycles. The van der Waals surface area contributed by atoms with E-state index < -0.39 is 18.4 Å². The molecule has 4 nitrogen and oxygen atoms in total. The summed E-state index contributed by atoms with van der Waals surface area (Å²) in [5.41, 5.74) is 0.466. The first-order chi connectivity index (χ1) is 9.37. The van der Waals surface area contributed by atoms with Crippen molar-refractivity contribution in [3.05, 3.63) is 42.5 Å². The number of benzene rings is 1. The van der Waals surface area contributed by atoms with Crippen LogP contribution < -0.4 is 10.1 Å². The molecule has 1 unspecified atom stereocenters. The second-order valence-corrected chi connectivity index (χ2v) is 3.77. The maximum atomic E-state index is 12.0. The SMILES string of the molecule is C=CCNC(C(=O)OC)c1ccc(OC(F)(F)F)cc1. The second kappa shape index (κ2) is 6.95. The summed E-state index contributed by atoms with van der Waals surface area (Å²) in [6.07, 6.45) is -3.19. The minimum atomic E-state index is -4.75. The minimum Gasteiger partial charge on any atom is -0.468 e. The summed E-state index contributed by atoms with van der Waals surface area (Å²) < 4.78 is 44.5. The fraction of sp³-hybridized carbons (Fsp3) is 0.308. The number of rotatable bonds is 6. The van der Waals surface area contributed by atoms with Crippen LogP contribution in [0.15, 0.2) is 36.9 Å². The number of hydrogen-bond donors (Lipinski definition) is 1. The van der Waals surface area contributed by atoms with E-state index in [4.69, 9.17) is 0 Å². The van der Waals surface area contributed by atoms with Gasteiger partial charge in [0, 0.05) is 6.54 Å². The Kier molecular flexibility index (Phi) is 5.57. The highest BCUT2D eigenvalue weighted by Crippen LogP contribution is 2.24. The lowest BCUT2D eigenvalue weighted by Crippen LogP contribution is -2.29. The van der Waals surface area contributed by atoms with Crippen molar-refractivity contribution in [3.63, 3.8) is 0 Å². The van der Waals surface area contributed by atoms with E-state index in [0.717, 1.165) is 12.1 Å². The Labute approximate surface area is 114 Å². The first-order valence-corrected chi connectivity index (χ1v) is 5.65. The van der Waals surface area contributed by atoms with Gasteiger partial charge in [-0.2, -0.15) is 0 Å². The lowest BCUT2D eigenvalue weighted by molar-refractivity contribution is -0.274. The van der Waals surface area contributed by atoms with Gasteiger partial charge < -0.3 is 9.47 Å².